The molecule has 18 heavy (non-hydrogen) atoms. The zero-order valence-corrected chi connectivity index (χ0v) is 12.2. The van der Waals surface area contributed by atoms with Crippen LogP contribution in [0.4, 0.5) is 4.39 Å². The van der Waals surface area contributed by atoms with Crippen LogP contribution in [0.1, 0.15) is 37.8 Å². The summed E-state index contributed by atoms with van der Waals surface area (Å²) in [5.41, 5.74) is 6.74. The molecule has 0 amide bonds. The smallest absolute Gasteiger partial charge is 0.137 e. The van der Waals surface area contributed by atoms with Gasteiger partial charge in [-0.05, 0) is 58.8 Å². The largest absolute Gasteiger partial charge is 0.329 e. The van der Waals surface area contributed by atoms with Gasteiger partial charge in [0.05, 0.1) is 4.47 Å². The minimum absolute atomic E-state index is 0.0444. The Labute approximate surface area is 116 Å². The van der Waals surface area contributed by atoms with Gasteiger partial charge in [0.1, 0.15) is 5.82 Å². The molecule has 2 nitrogen and oxygen atoms in total. The van der Waals surface area contributed by atoms with E-state index >= 15 is 0 Å². The molecule has 0 heterocycles. The highest BCUT2D eigenvalue weighted by Crippen LogP contribution is 2.27. The average molecular weight is 315 g/mol. The summed E-state index contributed by atoms with van der Waals surface area (Å²) in [7, 11) is 0. The van der Waals surface area contributed by atoms with Crippen molar-refractivity contribution in [2.45, 2.75) is 38.3 Å². The van der Waals surface area contributed by atoms with Crippen LogP contribution in [0.25, 0.3) is 0 Å². The monoisotopic (exact) mass is 314 g/mol. The summed E-state index contributed by atoms with van der Waals surface area (Å²) in [5, 5.41) is 3.55. The number of halogens is 2. The van der Waals surface area contributed by atoms with Gasteiger partial charge in [-0.2, -0.15) is 0 Å². The number of nitrogens with one attached hydrogen (secondary N) is 1. The van der Waals surface area contributed by atoms with Gasteiger partial charge in [-0.3, -0.25) is 0 Å². The Kier molecular flexibility index (Phi) is 4.76. The second-order valence-corrected chi connectivity index (χ2v) is 6.10. The summed E-state index contributed by atoms with van der Waals surface area (Å²) >= 11 is 3.17. The molecule has 1 fully saturated rings. The lowest BCUT2D eigenvalue weighted by Crippen LogP contribution is -2.35. The Hall–Kier alpha value is -0.450. The third-order valence-corrected chi connectivity index (χ3v) is 4.36. The van der Waals surface area contributed by atoms with Crippen molar-refractivity contribution in [1.29, 1.82) is 0 Å². The van der Waals surface area contributed by atoms with E-state index in [1.165, 1.54) is 19.3 Å². The van der Waals surface area contributed by atoms with Crippen LogP contribution in [0.3, 0.4) is 0 Å². The van der Waals surface area contributed by atoms with E-state index in [1.54, 1.807) is 12.1 Å². The first-order valence-electron chi connectivity index (χ1n) is 6.51. The molecule has 0 spiro atoms. The minimum Gasteiger partial charge on any atom is -0.329 e. The van der Waals surface area contributed by atoms with E-state index < -0.39 is 0 Å². The lowest BCUT2D eigenvalue weighted by atomic mass is 10.0. The van der Waals surface area contributed by atoms with E-state index in [1.807, 2.05) is 6.07 Å². The molecule has 0 saturated heterocycles. The Balaban J connectivity index is 2.05. The van der Waals surface area contributed by atoms with E-state index in [0.717, 1.165) is 11.5 Å². The van der Waals surface area contributed by atoms with Gasteiger partial charge < -0.3 is 11.1 Å². The molecule has 3 unspecified atom stereocenters. The molecule has 0 radical (unpaired) electrons. The fourth-order valence-corrected chi connectivity index (χ4v) is 2.92. The summed E-state index contributed by atoms with van der Waals surface area (Å²) in [4.78, 5) is 0. The van der Waals surface area contributed by atoms with Gasteiger partial charge in [0.25, 0.3) is 0 Å². The van der Waals surface area contributed by atoms with Crippen LogP contribution in [0.5, 0.6) is 0 Å². The van der Waals surface area contributed by atoms with E-state index in [0.29, 0.717) is 17.1 Å². The second-order valence-electron chi connectivity index (χ2n) is 5.24. The highest BCUT2D eigenvalue weighted by molar-refractivity contribution is 9.10. The Bertz CT molecular complexity index is 411. The molecule has 1 saturated carbocycles. The van der Waals surface area contributed by atoms with Crippen LogP contribution in [0, 0.1) is 11.7 Å². The first kappa shape index (κ1) is 14.0. The molecular formula is C14H20BrFN2. The van der Waals surface area contributed by atoms with Gasteiger partial charge in [0.2, 0.25) is 0 Å². The number of benzene rings is 1. The fraction of sp³-hybridized carbons (Fsp3) is 0.571. The maximum absolute atomic E-state index is 13.5. The lowest BCUT2D eigenvalue weighted by molar-refractivity contribution is 0.433. The Morgan fingerprint density at radius 1 is 1.50 bits per heavy atom. The number of hydrogen-bond acceptors (Lipinski definition) is 2. The topological polar surface area (TPSA) is 38.0 Å². The molecule has 3 N–H and O–H groups in total. The molecular weight excluding hydrogens is 295 g/mol. The summed E-state index contributed by atoms with van der Waals surface area (Å²) < 4.78 is 14.0. The SMILES string of the molecule is CC1CCC(NC(CN)c2ccc(Br)c(F)c2)C1. The van der Waals surface area contributed by atoms with Crippen molar-refractivity contribution in [2.24, 2.45) is 11.7 Å². The lowest BCUT2D eigenvalue weighted by Gasteiger charge is -2.22. The van der Waals surface area contributed by atoms with Crippen molar-refractivity contribution in [2.75, 3.05) is 6.54 Å². The Morgan fingerprint density at radius 2 is 2.28 bits per heavy atom. The molecule has 3 atom stereocenters. The molecule has 1 aromatic carbocycles. The fourth-order valence-electron chi connectivity index (χ4n) is 2.67. The van der Waals surface area contributed by atoms with Crippen LogP contribution < -0.4 is 11.1 Å². The Morgan fingerprint density at radius 3 is 2.83 bits per heavy atom. The van der Waals surface area contributed by atoms with Crippen molar-refractivity contribution >= 4 is 15.9 Å². The van der Waals surface area contributed by atoms with Gasteiger partial charge in [-0.1, -0.05) is 13.0 Å². The van der Waals surface area contributed by atoms with E-state index in [2.05, 4.69) is 28.2 Å². The summed E-state index contributed by atoms with van der Waals surface area (Å²) in [6.45, 7) is 2.77. The maximum Gasteiger partial charge on any atom is 0.137 e. The minimum atomic E-state index is -0.229. The van der Waals surface area contributed by atoms with E-state index in [-0.39, 0.29) is 11.9 Å². The van der Waals surface area contributed by atoms with Gasteiger partial charge in [0.15, 0.2) is 0 Å². The second kappa shape index (κ2) is 6.13. The van der Waals surface area contributed by atoms with Gasteiger partial charge in [-0.25, -0.2) is 4.39 Å². The highest BCUT2D eigenvalue weighted by atomic mass is 79.9. The molecule has 1 aliphatic rings. The zero-order valence-electron chi connectivity index (χ0n) is 10.6. The predicted octanol–water partition coefficient (Wildman–Crippen LogP) is 3.37. The molecule has 1 aliphatic carbocycles. The van der Waals surface area contributed by atoms with Crippen LogP contribution in [-0.4, -0.2) is 12.6 Å². The maximum atomic E-state index is 13.5. The van der Waals surface area contributed by atoms with Crippen molar-refractivity contribution in [1.82, 2.24) is 5.32 Å². The quantitative estimate of drug-likeness (QED) is 0.894. The third kappa shape index (κ3) is 3.31. The van der Waals surface area contributed by atoms with Crippen molar-refractivity contribution in [3.8, 4) is 0 Å². The first-order valence-corrected chi connectivity index (χ1v) is 7.30. The summed E-state index contributed by atoms with van der Waals surface area (Å²) in [6, 6.07) is 5.79. The van der Waals surface area contributed by atoms with Crippen LogP contribution in [0.2, 0.25) is 0 Å². The molecule has 0 aliphatic heterocycles. The zero-order chi connectivity index (χ0) is 13.1. The molecule has 100 valence electrons. The van der Waals surface area contributed by atoms with Crippen LogP contribution in [0.15, 0.2) is 22.7 Å². The van der Waals surface area contributed by atoms with Crippen LogP contribution in [-0.2, 0) is 0 Å². The molecule has 1 aromatic rings. The van der Waals surface area contributed by atoms with Crippen LogP contribution >= 0.6 is 15.9 Å². The van der Waals surface area contributed by atoms with Crippen molar-refractivity contribution in [3.05, 3.63) is 34.1 Å². The van der Waals surface area contributed by atoms with Crippen molar-refractivity contribution < 1.29 is 4.39 Å². The normalized spacial score (nSPS) is 25.3. The number of rotatable bonds is 4. The molecule has 4 heteroatoms. The molecule has 0 bridgehead atoms. The number of nitrogens with two attached hydrogens (primary N) is 1. The molecule has 0 aromatic heterocycles. The van der Waals surface area contributed by atoms with E-state index in [9.17, 15) is 4.39 Å². The van der Waals surface area contributed by atoms with Gasteiger partial charge in [-0.15, -0.1) is 0 Å². The van der Waals surface area contributed by atoms with E-state index in [4.69, 9.17) is 5.73 Å². The average Bonchev–Trinajstić information content (AvgIpc) is 2.75. The third-order valence-electron chi connectivity index (χ3n) is 3.71. The number of hydrogen-bond donors (Lipinski definition) is 2. The first-order chi connectivity index (χ1) is 8.60. The van der Waals surface area contributed by atoms with Gasteiger partial charge in [0, 0.05) is 18.6 Å². The predicted molar refractivity (Wildman–Crippen MR) is 75.8 cm³/mol. The molecule has 2 rings (SSSR count). The highest BCUT2D eigenvalue weighted by Gasteiger charge is 2.24. The van der Waals surface area contributed by atoms with Crippen molar-refractivity contribution in [3.63, 3.8) is 0 Å². The summed E-state index contributed by atoms with van der Waals surface area (Å²) in [6.07, 6.45) is 3.65. The summed E-state index contributed by atoms with van der Waals surface area (Å²) in [5.74, 6) is 0.551. The standard InChI is InChI=1S/C14H20BrFN2/c1-9-2-4-11(6-9)18-14(8-17)10-3-5-12(15)13(16)7-10/h3,5,7,9,11,14,18H,2,4,6,8,17H2,1H3. The van der Waals surface area contributed by atoms with Gasteiger partial charge >= 0.3 is 0 Å².